The quantitative estimate of drug-likeness (QED) is 0.571. The van der Waals surface area contributed by atoms with Crippen LogP contribution >= 0.6 is 0 Å². The first-order valence-corrected chi connectivity index (χ1v) is 11.5. The van der Waals surface area contributed by atoms with Crippen molar-refractivity contribution in [3.05, 3.63) is 65.4 Å². The number of hydrogen-bond donors (Lipinski definition) is 0. The third kappa shape index (κ3) is 4.73. The molecule has 4 heterocycles. The second-order valence-electron chi connectivity index (χ2n) is 8.53. The maximum atomic E-state index is 5.42. The molecule has 0 spiro atoms. The van der Waals surface area contributed by atoms with Gasteiger partial charge in [0.25, 0.3) is 0 Å². The number of hydrogen-bond acceptors (Lipinski definition) is 7. The van der Waals surface area contributed by atoms with Crippen LogP contribution in [0.15, 0.2) is 47.7 Å². The minimum Gasteiger partial charge on any atom is -0.493 e. The summed E-state index contributed by atoms with van der Waals surface area (Å²) < 4.78 is 10.7. The van der Waals surface area contributed by atoms with Crippen LogP contribution in [-0.4, -0.2) is 52.9 Å². The minimum absolute atomic E-state index is 0.703. The molecule has 0 aliphatic carbocycles. The van der Waals surface area contributed by atoms with Crippen LogP contribution in [0.3, 0.4) is 0 Å². The van der Waals surface area contributed by atoms with Gasteiger partial charge in [-0.2, -0.15) is 0 Å². The summed E-state index contributed by atoms with van der Waals surface area (Å²) in [5.74, 6) is 2.25. The molecular formula is C26H29N5O2. The average molecular weight is 444 g/mol. The number of benzene rings is 1. The standard InChI is InChI=1S/C26H29N5O2/c1-32-24-9-7-19(13-25(24)33-2)21-8-6-18(14-28-21)16-31-12-10-22-20(17-31)15-29-26(30-22)23-5-3-4-11-27-23/h6-9,13-15H,3-5,10-12,16-17H2,1-2H3. The van der Waals surface area contributed by atoms with Crippen LogP contribution < -0.4 is 9.47 Å². The molecule has 0 N–H and O–H groups in total. The maximum absolute atomic E-state index is 5.42. The highest BCUT2D eigenvalue weighted by Crippen LogP contribution is 2.31. The molecule has 0 bridgehead atoms. The normalized spacial score (nSPS) is 16.1. The van der Waals surface area contributed by atoms with Gasteiger partial charge in [-0.3, -0.25) is 14.9 Å². The van der Waals surface area contributed by atoms with E-state index in [1.54, 1.807) is 14.2 Å². The van der Waals surface area contributed by atoms with Gasteiger partial charge in [-0.1, -0.05) is 6.07 Å². The number of methoxy groups -OCH3 is 2. The molecular weight excluding hydrogens is 414 g/mol. The first-order chi connectivity index (χ1) is 16.2. The molecule has 2 aromatic heterocycles. The number of fused-ring (bicyclic) bond motifs is 1. The lowest BCUT2D eigenvalue weighted by Gasteiger charge is -2.28. The van der Waals surface area contributed by atoms with Crippen LogP contribution in [0.4, 0.5) is 0 Å². The first-order valence-electron chi connectivity index (χ1n) is 11.5. The molecule has 3 aromatic rings. The molecule has 170 valence electrons. The van der Waals surface area contributed by atoms with Crippen LogP contribution in [0.5, 0.6) is 11.5 Å². The molecule has 5 rings (SSSR count). The van der Waals surface area contributed by atoms with Crippen molar-refractivity contribution < 1.29 is 9.47 Å². The molecule has 0 saturated carbocycles. The molecule has 0 amide bonds. The predicted octanol–water partition coefficient (Wildman–Crippen LogP) is 4.09. The fourth-order valence-electron chi connectivity index (χ4n) is 4.47. The summed E-state index contributed by atoms with van der Waals surface area (Å²) in [6.07, 6.45) is 8.26. The molecule has 1 aromatic carbocycles. The van der Waals surface area contributed by atoms with E-state index >= 15 is 0 Å². The van der Waals surface area contributed by atoms with E-state index in [1.165, 1.54) is 29.7 Å². The number of nitrogens with zero attached hydrogens (tertiary/aromatic N) is 5. The van der Waals surface area contributed by atoms with Gasteiger partial charge in [0.15, 0.2) is 17.3 Å². The maximum Gasteiger partial charge on any atom is 0.173 e. The summed E-state index contributed by atoms with van der Waals surface area (Å²) in [5, 5.41) is 0. The predicted molar refractivity (Wildman–Crippen MR) is 128 cm³/mol. The molecule has 0 atom stereocenters. The van der Waals surface area contributed by atoms with Crippen LogP contribution in [-0.2, 0) is 19.5 Å². The van der Waals surface area contributed by atoms with E-state index < -0.39 is 0 Å². The zero-order chi connectivity index (χ0) is 22.6. The summed E-state index contributed by atoms with van der Waals surface area (Å²) >= 11 is 0. The van der Waals surface area contributed by atoms with Crippen molar-refractivity contribution in [1.82, 2.24) is 19.9 Å². The van der Waals surface area contributed by atoms with E-state index in [-0.39, 0.29) is 0 Å². The van der Waals surface area contributed by atoms with Crippen LogP contribution in [0.25, 0.3) is 11.3 Å². The molecule has 0 fully saturated rings. The van der Waals surface area contributed by atoms with Crippen molar-refractivity contribution in [2.45, 2.75) is 38.8 Å². The molecule has 2 aliphatic heterocycles. The second kappa shape index (κ2) is 9.67. The highest BCUT2D eigenvalue weighted by Gasteiger charge is 2.20. The van der Waals surface area contributed by atoms with Gasteiger partial charge in [-0.15, -0.1) is 0 Å². The summed E-state index contributed by atoms with van der Waals surface area (Å²) in [6.45, 7) is 3.60. The van der Waals surface area contributed by atoms with Crippen molar-refractivity contribution in [3.63, 3.8) is 0 Å². The number of rotatable bonds is 6. The molecule has 7 heteroatoms. The molecule has 0 saturated heterocycles. The molecule has 7 nitrogen and oxygen atoms in total. The summed E-state index contributed by atoms with van der Waals surface area (Å²) in [5.41, 5.74) is 6.57. The first kappa shape index (κ1) is 21.5. The summed E-state index contributed by atoms with van der Waals surface area (Å²) in [7, 11) is 3.28. The molecule has 2 aliphatic rings. The van der Waals surface area contributed by atoms with Crippen LogP contribution in [0.1, 0.15) is 41.9 Å². The zero-order valence-electron chi connectivity index (χ0n) is 19.3. The Morgan fingerprint density at radius 3 is 2.61 bits per heavy atom. The van der Waals surface area contributed by atoms with Gasteiger partial charge in [-0.25, -0.2) is 9.97 Å². The highest BCUT2D eigenvalue weighted by molar-refractivity contribution is 5.97. The second-order valence-corrected chi connectivity index (χ2v) is 8.53. The Balaban J connectivity index is 1.25. The monoisotopic (exact) mass is 443 g/mol. The Morgan fingerprint density at radius 1 is 0.939 bits per heavy atom. The van der Waals surface area contributed by atoms with Gasteiger partial charge in [0.1, 0.15) is 0 Å². The smallest absolute Gasteiger partial charge is 0.173 e. The van der Waals surface area contributed by atoms with Gasteiger partial charge in [0.05, 0.1) is 31.3 Å². The van der Waals surface area contributed by atoms with E-state index in [9.17, 15) is 0 Å². The fraction of sp³-hybridized carbons (Fsp3) is 0.385. The Kier molecular flexibility index (Phi) is 6.30. The fourth-order valence-corrected chi connectivity index (χ4v) is 4.47. The number of ether oxygens (including phenoxy) is 2. The lowest BCUT2D eigenvalue weighted by atomic mass is 10.0. The van der Waals surface area contributed by atoms with Crippen LogP contribution in [0, 0.1) is 0 Å². The van der Waals surface area contributed by atoms with E-state index in [4.69, 9.17) is 19.4 Å². The molecule has 0 unspecified atom stereocenters. The Bertz CT molecular complexity index is 1160. The Morgan fingerprint density at radius 2 is 1.85 bits per heavy atom. The summed E-state index contributed by atoms with van der Waals surface area (Å²) in [6, 6.07) is 10.1. The number of aliphatic imine (C=N–C) groups is 1. The zero-order valence-corrected chi connectivity index (χ0v) is 19.3. The third-order valence-corrected chi connectivity index (χ3v) is 6.31. The SMILES string of the molecule is COc1ccc(-c2ccc(CN3CCc4nc(C5=NCCCC5)ncc4C3)cn2)cc1OC. The van der Waals surface area contributed by atoms with Crippen molar-refractivity contribution in [1.29, 1.82) is 0 Å². The van der Waals surface area contributed by atoms with Crippen molar-refractivity contribution in [2.75, 3.05) is 27.3 Å². The Hall–Kier alpha value is -3.32. The van der Waals surface area contributed by atoms with Gasteiger partial charge >= 0.3 is 0 Å². The average Bonchev–Trinajstić information content (AvgIpc) is 2.89. The summed E-state index contributed by atoms with van der Waals surface area (Å²) in [4.78, 5) is 21.2. The van der Waals surface area contributed by atoms with E-state index in [0.717, 1.165) is 61.8 Å². The molecule has 33 heavy (non-hydrogen) atoms. The van der Waals surface area contributed by atoms with Gasteiger partial charge in [0.2, 0.25) is 0 Å². The topological polar surface area (TPSA) is 72.7 Å². The van der Waals surface area contributed by atoms with Gasteiger partial charge < -0.3 is 9.47 Å². The van der Waals surface area contributed by atoms with Crippen molar-refractivity contribution >= 4 is 5.71 Å². The van der Waals surface area contributed by atoms with E-state index in [1.807, 2.05) is 30.6 Å². The third-order valence-electron chi connectivity index (χ3n) is 6.31. The van der Waals surface area contributed by atoms with E-state index in [2.05, 4.69) is 27.0 Å². The number of pyridine rings is 1. The minimum atomic E-state index is 0.703. The number of aromatic nitrogens is 3. The lowest BCUT2D eigenvalue weighted by Crippen LogP contribution is -2.31. The lowest BCUT2D eigenvalue weighted by molar-refractivity contribution is 0.242. The van der Waals surface area contributed by atoms with Crippen molar-refractivity contribution in [3.8, 4) is 22.8 Å². The van der Waals surface area contributed by atoms with E-state index in [0.29, 0.717) is 11.5 Å². The van der Waals surface area contributed by atoms with Gasteiger partial charge in [-0.05, 0) is 49.1 Å². The molecule has 0 radical (unpaired) electrons. The van der Waals surface area contributed by atoms with Crippen molar-refractivity contribution in [2.24, 2.45) is 4.99 Å². The Labute approximate surface area is 194 Å². The largest absolute Gasteiger partial charge is 0.493 e. The van der Waals surface area contributed by atoms with Gasteiger partial charge in [0, 0.05) is 56.1 Å². The van der Waals surface area contributed by atoms with Crippen LogP contribution in [0.2, 0.25) is 0 Å². The highest BCUT2D eigenvalue weighted by atomic mass is 16.5.